The number of rotatable bonds is 3. The molecule has 0 bridgehead atoms. The zero-order valence-electron chi connectivity index (χ0n) is 7.87. The number of hydrogen-bond acceptors (Lipinski definition) is 6. The van der Waals surface area contributed by atoms with Crippen LogP contribution in [-0.4, -0.2) is 22.7 Å². The minimum absolute atomic E-state index is 0.593. The second-order valence-corrected chi connectivity index (χ2v) is 3.48. The summed E-state index contributed by atoms with van der Waals surface area (Å²) in [5.74, 6) is 0.593. The third-order valence-electron chi connectivity index (χ3n) is 1.19. The molecule has 0 unspecified atom stereocenters. The fraction of sp³-hybridized carbons (Fsp3) is 0.571. The Balaban J connectivity index is 2.46. The van der Waals surface area contributed by atoms with Gasteiger partial charge in [-0.25, -0.2) is 5.43 Å². The van der Waals surface area contributed by atoms with Gasteiger partial charge in [0.05, 0.1) is 6.61 Å². The molecule has 13 heavy (non-hydrogen) atoms. The van der Waals surface area contributed by atoms with Crippen molar-refractivity contribution in [1.82, 2.24) is 10.2 Å². The molecule has 0 aliphatic carbocycles. The van der Waals surface area contributed by atoms with Gasteiger partial charge in [0.15, 0.2) is 0 Å². The number of nitrogens with one attached hydrogen (secondary N) is 1. The van der Waals surface area contributed by atoms with Crippen LogP contribution in [0.3, 0.4) is 0 Å². The van der Waals surface area contributed by atoms with E-state index in [9.17, 15) is 0 Å². The Hall–Kier alpha value is -1.17. The number of hydrogen-bond donors (Lipinski definition) is 1. The lowest BCUT2D eigenvalue weighted by atomic mass is 10.7. The molecule has 0 saturated heterocycles. The first-order valence-corrected chi connectivity index (χ1v) is 4.77. The van der Waals surface area contributed by atoms with E-state index >= 15 is 0 Å². The van der Waals surface area contributed by atoms with Crippen LogP contribution in [0.2, 0.25) is 0 Å². The van der Waals surface area contributed by atoms with E-state index in [0.717, 1.165) is 5.01 Å². The first-order valence-electron chi connectivity index (χ1n) is 3.95. The van der Waals surface area contributed by atoms with Crippen LogP contribution in [0.4, 0.5) is 5.13 Å². The highest BCUT2D eigenvalue weighted by Crippen LogP contribution is 2.13. The molecule has 0 saturated carbocycles. The molecule has 0 radical (unpaired) electrons. The van der Waals surface area contributed by atoms with Gasteiger partial charge in [-0.1, -0.05) is 11.3 Å². The Morgan fingerprint density at radius 3 is 2.92 bits per heavy atom. The summed E-state index contributed by atoms with van der Waals surface area (Å²) in [5.41, 5.74) is 2.76. The molecule has 6 heteroatoms. The summed E-state index contributed by atoms with van der Waals surface area (Å²) in [7, 11) is 0. The Bertz CT molecular complexity index is 296. The Kier molecular flexibility index (Phi) is 3.63. The summed E-state index contributed by atoms with van der Waals surface area (Å²) >= 11 is 1.45. The maximum Gasteiger partial charge on any atom is 0.226 e. The van der Waals surface area contributed by atoms with Crippen molar-refractivity contribution in [2.24, 2.45) is 5.10 Å². The SMILES string of the molecule is CCOC(C)=NNc1nnc(C)s1. The van der Waals surface area contributed by atoms with Crippen molar-refractivity contribution in [3.63, 3.8) is 0 Å². The average Bonchev–Trinajstić information content (AvgIpc) is 2.49. The standard InChI is InChI=1S/C7H12N4OS/c1-4-12-5(2)8-10-7-11-9-6(3)13-7/h4H2,1-3H3,(H,10,11). The first-order chi connectivity index (χ1) is 6.22. The van der Waals surface area contributed by atoms with E-state index in [2.05, 4.69) is 20.7 Å². The topological polar surface area (TPSA) is 59.4 Å². The summed E-state index contributed by atoms with van der Waals surface area (Å²) in [4.78, 5) is 0. The minimum atomic E-state index is 0.593. The van der Waals surface area contributed by atoms with E-state index in [-0.39, 0.29) is 0 Å². The predicted molar refractivity (Wildman–Crippen MR) is 53.0 cm³/mol. The van der Waals surface area contributed by atoms with Crippen LogP contribution in [-0.2, 0) is 4.74 Å². The van der Waals surface area contributed by atoms with Crippen LogP contribution in [0.5, 0.6) is 0 Å². The number of ether oxygens (including phenoxy) is 1. The lowest BCUT2D eigenvalue weighted by Gasteiger charge is -1.99. The Labute approximate surface area is 80.8 Å². The first kappa shape index (κ1) is 9.91. The molecule has 0 aliphatic heterocycles. The number of aryl methyl sites for hydroxylation is 1. The highest BCUT2D eigenvalue weighted by molar-refractivity contribution is 7.15. The van der Waals surface area contributed by atoms with Crippen LogP contribution < -0.4 is 5.43 Å². The normalized spacial score (nSPS) is 11.5. The molecular weight excluding hydrogens is 188 g/mol. The van der Waals surface area contributed by atoms with Gasteiger partial charge in [0, 0.05) is 6.92 Å². The van der Waals surface area contributed by atoms with Crippen LogP contribution in [0.1, 0.15) is 18.9 Å². The molecule has 0 spiro atoms. The molecule has 1 rings (SSSR count). The van der Waals surface area contributed by atoms with Gasteiger partial charge in [0.25, 0.3) is 0 Å². The summed E-state index contributed by atoms with van der Waals surface area (Å²) < 4.78 is 5.11. The molecular formula is C7H12N4OS. The van der Waals surface area contributed by atoms with E-state index in [0.29, 0.717) is 17.6 Å². The highest BCUT2D eigenvalue weighted by Gasteiger charge is 1.97. The van der Waals surface area contributed by atoms with E-state index in [1.165, 1.54) is 11.3 Å². The molecule has 1 N–H and O–H groups in total. The molecule has 0 atom stereocenters. The maximum atomic E-state index is 5.11. The van der Waals surface area contributed by atoms with Crippen molar-refractivity contribution < 1.29 is 4.74 Å². The Morgan fingerprint density at radius 1 is 1.62 bits per heavy atom. The predicted octanol–water partition coefficient (Wildman–Crippen LogP) is 1.63. The van der Waals surface area contributed by atoms with E-state index < -0.39 is 0 Å². The van der Waals surface area contributed by atoms with Gasteiger partial charge in [-0.2, -0.15) is 0 Å². The molecule has 1 heterocycles. The molecule has 0 aromatic carbocycles. The van der Waals surface area contributed by atoms with Gasteiger partial charge in [-0.15, -0.1) is 15.3 Å². The zero-order chi connectivity index (χ0) is 9.68. The largest absolute Gasteiger partial charge is 0.480 e. The summed E-state index contributed by atoms with van der Waals surface area (Å²) in [5, 5.41) is 13.2. The van der Waals surface area contributed by atoms with E-state index in [1.807, 2.05) is 13.8 Å². The average molecular weight is 200 g/mol. The summed E-state index contributed by atoms with van der Waals surface area (Å²) in [6.07, 6.45) is 0. The molecule has 0 amide bonds. The number of nitrogens with zero attached hydrogens (tertiary/aromatic N) is 3. The quantitative estimate of drug-likeness (QED) is 0.457. The van der Waals surface area contributed by atoms with Gasteiger partial charge in [-0.3, -0.25) is 0 Å². The Morgan fingerprint density at radius 2 is 2.38 bits per heavy atom. The van der Waals surface area contributed by atoms with Crippen molar-refractivity contribution in [1.29, 1.82) is 0 Å². The maximum absolute atomic E-state index is 5.11. The van der Waals surface area contributed by atoms with Crippen LogP contribution >= 0.6 is 11.3 Å². The molecule has 0 aliphatic rings. The third-order valence-corrected chi connectivity index (χ3v) is 1.93. The van der Waals surface area contributed by atoms with Crippen LogP contribution in [0.15, 0.2) is 5.10 Å². The van der Waals surface area contributed by atoms with Gasteiger partial charge < -0.3 is 4.74 Å². The number of hydrazone groups is 1. The monoisotopic (exact) mass is 200 g/mol. The van der Waals surface area contributed by atoms with Crippen molar-refractivity contribution in [3.8, 4) is 0 Å². The second kappa shape index (κ2) is 4.76. The van der Waals surface area contributed by atoms with Crippen molar-refractivity contribution >= 4 is 22.4 Å². The lowest BCUT2D eigenvalue weighted by Crippen LogP contribution is -2.02. The van der Waals surface area contributed by atoms with Gasteiger partial charge in [0.1, 0.15) is 5.01 Å². The van der Waals surface area contributed by atoms with Gasteiger partial charge in [-0.05, 0) is 13.8 Å². The van der Waals surface area contributed by atoms with Crippen molar-refractivity contribution in [3.05, 3.63) is 5.01 Å². The zero-order valence-corrected chi connectivity index (χ0v) is 8.68. The van der Waals surface area contributed by atoms with E-state index in [1.54, 1.807) is 6.92 Å². The highest BCUT2D eigenvalue weighted by atomic mass is 32.1. The molecule has 0 fully saturated rings. The third kappa shape index (κ3) is 3.37. The van der Waals surface area contributed by atoms with Crippen LogP contribution in [0, 0.1) is 6.92 Å². The number of anilines is 1. The van der Waals surface area contributed by atoms with E-state index in [4.69, 9.17) is 4.74 Å². The fourth-order valence-corrected chi connectivity index (χ4v) is 1.24. The molecule has 1 aromatic heterocycles. The van der Waals surface area contributed by atoms with Crippen LogP contribution in [0.25, 0.3) is 0 Å². The smallest absolute Gasteiger partial charge is 0.226 e. The summed E-state index contributed by atoms with van der Waals surface area (Å²) in [6, 6.07) is 0. The second-order valence-electron chi connectivity index (χ2n) is 2.30. The number of aromatic nitrogens is 2. The van der Waals surface area contributed by atoms with Gasteiger partial charge >= 0.3 is 0 Å². The molecule has 5 nitrogen and oxygen atoms in total. The fourth-order valence-electron chi connectivity index (χ4n) is 0.709. The summed E-state index contributed by atoms with van der Waals surface area (Å²) in [6.45, 7) is 6.20. The molecule has 1 aromatic rings. The van der Waals surface area contributed by atoms with Gasteiger partial charge in [0.2, 0.25) is 11.0 Å². The minimum Gasteiger partial charge on any atom is -0.480 e. The van der Waals surface area contributed by atoms with Crippen molar-refractivity contribution in [2.45, 2.75) is 20.8 Å². The van der Waals surface area contributed by atoms with Crippen molar-refractivity contribution in [2.75, 3.05) is 12.0 Å². The lowest BCUT2D eigenvalue weighted by molar-refractivity contribution is 0.324. The molecule has 72 valence electrons.